The van der Waals surface area contributed by atoms with Crippen LogP contribution in [-0.4, -0.2) is 15.1 Å². The van der Waals surface area contributed by atoms with Crippen LogP contribution in [0.25, 0.3) is 11.6 Å². The van der Waals surface area contributed by atoms with E-state index >= 15 is 0 Å². The molecule has 0 atom stereocenters. The van der Waals surface area contributed by atoms with Crippen LogP contribution in [0.3, 0.4) is 0 Å². The van der Waals surface area contributed by atoms with E-state index in [0.29, 0.717) is 23.1 Å². The third-order valence-corrected chi connectivity index (χ3v) is 1.82. The van der Waals surface area contributed by atoms with Crippen LogP contribution in [0.5, 0.6) is 0 Å². The number of nitrogens with one attached hydrogen (secondary N) is 1. The Morgan fingerprint density at radius 3 is 3.00 bits per heavy atom. The standard InChI is InChI=1S/C9H8N4O/c1-2-8-12-9(14-13-8)7-4-3-6(5-10)11-7/h3-4,11H,2H2,1H3. The second-order valence-corrected chi connectivity index (χ2v) is 2.77. The summed E-state index contributed by atoms with van der Waals surface area (Å²) in [7, 11) is 0. The van der Waals surface area contributed by atoms with E-state index in [1.54, 1.807) is 12.1 Å². The quantitative estimate of drug-likeness (QED) is 0.774. The molecule has 0 aromatic carbocycles. The van der Waals surface area contributed by atoms with Gasteiger partial charge in [0.05, 0.1) is 0 Å². The first-order valence-electron chi connectivity index (χ1n) is 4.25. The lowest BCUT2D eigenvalue weighted by Crippen LogP contribution is -1.82. The Kier molecular flexibility index (Phi) is 2.03. The predicted molar refractivity (Wildman–Crippen MR) is 48.2 cm³/mol. The first kappa shape index (κ1) is 8.51. The van der Waals surface area contributed by atoms with Gasteiger partial charge in [-0.1, -0.05) is 12.1 Å². The van der Waals surface area contributed by atoms with E-state index in [9.17, 15) is 0 Å². The van der Waals surface area contributed by atoms with Crippen molar-refractivity contribution in [2.75, 3.05) is 0 Å². The number of aryl methyl sites for hydroxylation is 1. The highest BCUT2D eigenvalue weighted by atomic mass is 16.5. The van der Waals surface area contributed by atoms with Gasteiger partial charge in [-0.3, -0.25) is 0 Å². The number of aromatic nitrogens is 3. The minimum atomic E-state index is 0.420. The van der Waals surface area contributed by atoms with E-state index in [1.807, 2.05) is 13.0 Å². The number of nitriles is 1. The van der Waals surface area contributed by atoms with Crippen LogP contribution in [-0.2, 0) is 6.42 Å². The van der Waals surface area contributed by atoms with Crippen molar-refractivity contribution < 1.29 is 4.52 Å². The van der Waals surface area contributed by atoms with Crippen LogP contribution in [0.1, 0.15) is 18.4 Å². The molecule has 0 saturated carbocycles. The largest absolute Gasteiger partial charge is 0.342 e. The summed E-state index contributed by atoms with van der Waals surface area (Å²) in [5, 5.41) is 12.4. The molecule has 0 bridgehead atoms. The molecule has 70 valence electrons. The van der Waals surface area contributed by atoms with E-state index in [0.717, 1.165) is 6.42 Å². The Morgan fingerprint density at radius 1 is 1.57 bits per heavy atom. The summed E-state index contributed by atoms with van der Waals surface area (Å²) in [6, 6.07) is 5.41. The molecular formula is C9H8N4O. The summed E-state index contributed by atoms with van der Waals surface area (Å²) in [6.07, 6.45) is 0.731. The second-order valence-electron chi connectivity index (χ2n) is 2.77. The Hall–Kier alpha value is -2.09. The van der Waals surface area contributed by atoms with E-state index in [4.69, 9.17) is 9.78 Å². The number of rotatable bonds is 2. The van der Waals surface area contributed by atoms with Crippen molar-refractivity contribution in [3.8, 4) is 17.7 Å². The lowest BCUT2D eigenvalue weighted by atomic mass is 10.4. The Labute approximate surface area is 80.4 Å². The molecule has 2 heterocycles. The van der Waals surface area contributed by atoms with Crippen molar-refractivity contribution in [2.45, 2.75) is 13.3 Å². The SMILES string of the molecule is CCc1noc(-c2ccc(C#N)[nH]2)n1. The van der Waals surface area contributed by atoms with Crippen molar-refractivity contribution in [1.29, 1.82) is 5.26 Å². The normalized spacial score (nSPS) is 10.0. The van der Waals surface area contributed by atoms with Gasteiger partial charge in [0.15, 0.2) is 5.82 Å². The molecule has 0 unspecified atom stereocenters. The molecule has 0 aliphatic rings. The maximum Gasteiger partial charge on any atom is 0.274 e. The molecule has 2 aromatic heterocycles. The van der Waals surface area contributed by atoms with Gasteiger partial charge in [0, 0.05) is 6.42 Å². The fraction of sp³-hybridized carbons (Fsp3) is 0.222. The monoisotopic (exact) mass is 188 g/mol. The maximum absolute atomic E-state index is 8.60. The van der Waals surface area contributed by atoms with Crippen molar-refractivity contribution in [3.05, 3.63) is 23.7 Å². The summed E-state index contributed by atoms with van der Waals surface area (Å²) < 4.78 is 5.00. The number of nitrogens with zero attached hydrogens (tertiary/aromatic N) is 3. The van der Waals surface area contributed by atoms with Crippen molar-refractivity contribution in [3.63, 3.8) is 0 Å². The molecule has 14 heavy (non-hydrogen) atoms. The van der Waals surface area contributed by atoms with Crippen LogP contribution >= 0.6 is 0 Å². The van der Waals surface area contributed by atoms with Crippen LogP contribution in [0.15, 0.2) is 16.7 Å². The summed E-state index contributed by atoms with van der Waals surface area (Å²) in [4.78, 5) is 6.99. The summed E-state index contributed by atoms with van der Waals surface area (Å²) >= 11 is 0. The lowest BCUT2D eigenvalue weighted by molar-refractivity contribution is 0.422. The third-order valence-electron chi connectivity index (χ3n) is 1.82. The first-order chi connectivity index (χ1) is 6.83. The Morgan fingerprint density at radius 2 is 2.43 bits per heavy atom. The van der Waals surface area contributed by atoms with Crippen molar-refractivity contribution >= 4 is 0 Å². The topological polar surface area (TPSA) is 78.5 Å². The van der Waals surface area contributed by atoms with E-state index < -0.39 is 0 Å². The fourth-order valence-corrected chi connectivity index (χ4v) is 1.09. The molecule has 5 nitrogen and oxygen atoms in total. The summed E-state index contributed by atoms with van der Waals surface area (Å²) in [5.74, 6) is 1.08. The molecule has 5 heteroatoms. The number of hydrogen-bond donors (Lipinski definition) is 1. The zero-order chi connectivity index (χ0) is 9.97. The van der Waals surface area contributed by atoms with Gasteiger partial charge < -0.3 is 9.51 Å². The third kappa shape index (κ3) is 1.38. The Bertz CT molecular complexity index is 477. The smallest absolute Gasteiger partial charge is 0.274 e. The number of H-pyrrole nitrogens is 1. The minimum Gasteiger partial charge on any atom is -0.342 e. The zero-order valence-corrected chi connectivity index (χ0v) is 7.61. The molecular weight excluding hydrogens is 180 g/mol. The average Bonchev–Trinajstić information content (AvgIpc) is 2.86. The van der Waals surface area contributed by atoms with Gasteiger partial charge in [0.1, 0.15) is 17.5 Å². The molecule has 0 saturated heterocycles. The molecule has 2 aromatic rings. The second kappa shape index (κ2) is 3.34. The molecule has 0 fully saturated rings. The van der Waals surface area contributed by atoms with E-state index in [2.05, 4.69) is 15.1 Å². The summed E-state index contributed by atoms with van der Waals surface area (Å²) in [5.41, 5.74) is 1.16. The lowest BCUT2D eigenvalue weighted by Gasteiger charge is -1.84. The van der Waals surface area contributed by atoms with Crippen LogP contribution < -0.4 is 0 Å². The molecule has 0 aliphatic carbocycles. The average molecular weight is 188 g/mol. The first-order valence-corrected chi connectivity index (χ1v) is 4.25. The van der Waals surface area contributed by atoms with Gasteiger partial charge in [0.25, 0.3) is 5.89 Å². The highest BCUT2D eigenvalue weighted by Crippen LogP contribution is 2.15. The van der Waals surface area contributed by atoms with Gasteiger partial charge in [0.2, 0.25) is 0 Å². The van der Waals surface area contributed by atoms with Crippen molar-refractivity contribution in [2.24, 2.45) is 0 Å². The van der Waals surface area contributed by atoms with Crippen LogP contribution in [0, 0.1) is 11.3 Å². The highest BCUT2D eigenvalue weighted by Gasteiger charge is 2.08. The molecule has 0 amide bonds. The molecule has 2 rings (SSSR count). The fourth-order valence-electron chi connectivity index (χ4n) is 1.09. The Balaban J connectivity index is 2.35. The van der Waals surface area contributed by atoms with Gasteiger partial charge in [-0.05, 0) is 12.1 Å². The number of hydrogen-bond acceptors (Lipinski definition) is 4. The molecule has 0 aliphatic heterocycles. The van der Waals surface area contributed by atoms with E-state index in [-0.39, 0.29) is 0 Å². The van der Waals surface area contributed by atoms with Gasteiger partial charge in [-0.2, -0.15) is 10.2 Å². The molecule has 1 N–H and O–H groups in total. The predicted octanol–water partition coefficient (Wildman–Crippen LogP) is 1.50. The molecule has 0 spiro atoms. The highest BCUT2D eigenvalue weighted by molar-refractivity contribution is 5.49. The van der Waals surface area contributed by atoms with Gasteiger partial charge >= 0.3 is 0 Å². The molecule has 0 radical (unpaired) electrons. The number of aromatic amines is 1. The van der Waals surface area contributed by atoms with Crippen molar-refractivity contribution in [1.82, 2.24) is 15.1 Å². The van der Waals surface area contributed by atoms with Gasteiger partial charge in [-0.25, -0.2) is 0 Å². The van der Waals surface area contributed by atoms with Gasteiger partial charge in [-0.15, -0.1) is 0 Å². The van der Waals surface area contributed by atoms with Crippen LogP contribution in [0.4, 0.5) is 0 Å². The maximum atomic E-state index is 8.60. The minimum absolute atomic E-state index is 0.420. The summed E-state index contributed by atoms with van der Waals surface area (Å²) in [6.45, 7) is 1.95. The zero-order valence-electron chi connectivity index (χ0n) is 7.61. The van der Waals surface area contributed by atoms with Crippen LogP contribution in [0.2, 0.25) is 0 Å². The van der Waals surface area contributed by atoms with E-state index in [1.165, 1.54) is 0 Å².